The maximum atomic E-state index is 14.5. The molecule has 1 saturated heterocycles. The van der Waals surface area contributed by atoms with Crippen LogP contribution in [0.5, 0.6) is 0 Å². The fraction of sp³-hybridized carbons (Fsp3) is 0.423. The molecule has 1 fully saturated rings. The minimum absolute atomic E-state index is 0.150. The van der Waals surface area contributed by atoms with Crippen LogP contribution in [0.2, 0.25) is 0 Å². The molecule has 1 amide bonds. The van der Waals surface area contributed by atoms with Crippen molar-refractivity contribution in [3.8, 4) is 11.1 Å². The number of primary amides is 1. The molecule has 6 heteroatoms. The van der Waals surface area contributed by atoms with Crippen LogP contribution in [-0.2, 0) is 6.54 Å². The predicted molar refractivity (Wildman–Crippen MR) is 128 cm³/mol. The molecule has 0 unspecified atom stereocenters. The first-order valence-corrected chi connectivity index (χ1v) is 11.4. The lowest BCUT2D eigenvalue weighted by Crippen LogP contribution is -2.26. The smallest absolute Gasteiger partial charge is 0.250 e. The Bertz CT molecular complexity index is 1120. The van der Waals surface area contributed by atoms with Crippen molar-refractivity contribution in [1.82, 2.24) is 15.6 Å². The number of halogens is 1. The highest BCUT2D eigenvalue weighted by Gasteiger charge is 2.21. The van der Waals surface area contributed by atoms with Crippen molar-refractivity contribution >= 4 is 16.8 Å². The number of nitrogens with two attached hydrogens (primary N) is 1. The largest absolute Gasteiger partial charge is 0.366 e. The Balaban J connectivity index is 1.74. The number of carbonyl (C=O) groups excluding carboxylic acids is 1. The molecule has 0 aliphatic carbocycles. The van der Waals surface area contributed by atoms with Gasteiger partial charge in [-0.1, -0.05) is 20.8 Å². The maximum absolute atomic E-state index is 14.5. The zero-order valence-electron chi connectivity index (χ0n) is 19.1. The fourth-order valence-corrected chi connectivity index (χ4v) is 4.59. The summed E-state index contributed by atoms with van der Waals surface area (Å²) in [4.78, 5) is 15.5. The summed E-state index contributed by atoms with van der Waals surface area (Å²) in [6.45, 7) is 9.86. The third kappa shape index (κ3) is 5.03. The Hall–Kier alpha value is -2.70. The Kier molecular flexibility index (Phi) is 6.35. The van der Waals surface area contributed by atoms with Gasteiger partial charge in [0.1, 0.15) is 5.82 Å². The van der Waals surface area contributed by atoms with Crippen LogP contribution in [0.4, 0.5) is 4.39 Å². The Morgan fingerprint density at radius 2 is 1.84 bits per heavy atom. The zero-order chi connectivity index (χ0) is 22.9. The summed E-state index contributed by atoms with van der Waals surface area (Å²) in [7, 11) is 0. The third-order valence-corrected chi connectivity index (χ3v) is 6.14. The van der Waals surface area contributed by atoms with Crippen LogP contribution in [0.25, 0.3) is 22.0 Å². The summed E-state index contributed by atoms with van der Waals surface area (Å²) < 4.78 is 14.5. The number of hydrogen-bond donors (Lipinski definition) is 4. The van der Waals surface area contributed by atoms with E-state index in [2.05, 4.69) is 42.5 Å². The summed E-state index contributed by atoms with van der Waals surface area (Å²) in [6.07, 6.45) is 4.10. The van der Waals surface area contributed by atoms with E-state index in [1.807, 2.05) is 12.3 Å². The molecule has 0 saturated carbocycles. The molecule has 0 bridgehead atoms. The molecular weight excluding hydrogens is 403 g/mol. The molecule has 1 aliphatic rings. The Morgan fingerprint density at radius 3 is 2.53 bits per heavy atom. The third-order valence-electron chi connectivity index (χ3n) is 6.14. The second-order valence-electron chi connectivity index (χ2n) is 10.1. The number of aromatic nitrogens is 1. The van der Waals surface area contributed by atoms with Gasteiger partial charge in [0.15, 0.2) is 0 Å². The highest BCUT2D eigenvalue weighted by Crippen LogP contribution is 2.36. The molecule has 0 radical (unpaired) electrons. The average Bonchev–Trinajstić information content (AvgIpc) is 3.16. The number of nitrogens with one attached hydrogen (secondary N) is 3. The van der Waals surface area contributed by atoms with Crippen molar-refractivity contribution in [2.75, 3.05) is 19.6 Å². The maximum Gasteiger partial charge on any atom is 0.250 e. The van der Waals surface area contributed by atoms with E-state index in [4.69, 9.17) is 5.73 Å². The number of amides is 1. The van der Waals surface area contributed by atoms with Gasteiger partial charge in [0, 0.05) is 24.7 Å². The van der Waals surface area contributed by atoms with Gasteiger partial charge in [-0.05, 0) is 89.8 Å². The number of H-pyrrole nitrogens is 1. The van der Waals surface area contributed by atoms with E-state index >= 15 is 0 Å². The minimum atomic E-state index is -0.487. The predicted octanol–water partition coefficient (Wildman–Crippen LogP) is 4.68. The molecule has 170 valence electrons. The molecule has 0 atom stereocenters. The normalized spacial score (nSPS) is 15.4. The minimum Gasteiger partial charge on any atom is -0.366 e. The first-order valence-electron chi connectivity index (χ1n) is 11.4. The molecule has 5 N–H and O–H groups in total. The molecule has 1 aromatic heterocycles. The van der Waals surface area contributed by atoms with Gasteiger partial charge >= 0.3 is 0 Å². The van der Waals surface area contributed by atoms with Crippen molar-refractivity contribution in [3.05, 3.63) is 59.0 Å². The highest BCUT2D eigenvalue weighted by molar-refractivity contribution is 6.07. The number of hydrogen-bond acceptors (Lipinski definition) is 3. The second kappa shape index (κ2) is 9.04. The van der Waals surface area contributed by atoms with Gasteiger partial charge in [0.25, 0.3) is 5.91 Å². The van der Waals surface area contributed by atoms with Crippen LogP contribution in [-0.4, -0.2) is 30.5 Å². The molecule has 2 aromatic carbocycles. The average molecular weight is 437 g/mol. The van der Waals surface area contributed by atoms with Crippen molar-refractivity contribution in [2.24, 2.45) is 11.1 Å². The molecule has 5 nitrogen and oxygen atoms in total. The van der Waals surface area contributed by atoms with Gasteiger partial charge in [-0.3, -0.25) is 4.79 Å². The second-order valence-corrected chi connectivity index (χ2v) is 10.1. The zero-order valence-corrected chi connectivity index (χ0v) is 19.1. The summed E-state index contributed by atoms with van der Waals surface area (Å²) in [5.41, 5.74) is 10.7. The van der Waals surface area contributed by atoms with Crippen LogP contribution < -0.4 is 16.4 Å². The van der Waals surface area contributed by atoms with Crippen LogP contribution >= 0.6 is 0 Å². The van der Waals surface area contributed by atoms with Crippen LogP contribution in [0.1, 0.15) is 61.0 Å². The number of benzene rings is 2. The molecule has 3 aromatic rings. The van der Waals surface area contributed by atoms with Gasteiger partial charge in [-0.15, -0.1) is 0 Å². The summed E-state index contributed by atoms with van der Waals surface area (Å²) in [5, 5.41) is 7.80. The van der Waals surface area contributed by atoms with Crippen molar-refractivity contribution in [3.63, 3.8) is 0 Å². The first kappa shape index (κ1) is 22.5. The first-order chi connectivity index (χ1) is 15.2. The number of aromatic amines is 1. The lowest BCUT2D eigenvalue weighted by molar-refractivity contribution is 0.100. The van der Waals surface area contributed by atoms with Crippen LogP contribution in [0.3, 0.4) is 0 Å². The van der Waals surface area contributed by atoms with E-state index < -0.39 is 5.91 Å². The monoisotopic (exact) mass is 436 g/mol. The lowest BCUT2D eigenvalue weighted by Gasteiger charge is -2.22. The van der Waals surface area contributed by atoms with E-state index in [1.54, 1.807) is 12.1 Å². The SMILES string of the molecule is CC(C)(C)CNCc1cc(F)cc(-c2cc(C(N)=O)c3[nH]cc(C4CCNCC4)c3c2)c1. The molecule has 2 heterocycles. The molecule has 0 spiro atoms. The molecule has 4 rings (SSSR count). The van der Waals surface area contributed by atoms with Gasteiger partial charge in [0.2, 0.25) is 0 Å². The van der Waals surface area contributed by atoms with Gasteiger partial charge in [-0.2, -0.15) is 0 Å². The van der Waals surface area contributed by atoms with Gasteiger partial charge < -0.3 is 21.4 Å². The van der Waals surface area contributed by atoms with E-state index in [1.165, 1.54) is 11.6 Å². The standard InChI is InChI=1S/C26H33FN4O/c1-26(2,3)15-30-13-16-8-18(10-20(27)9-16)19-11-21-23(17-4-6-29-7-5-17)14-31-24(21)22(12-19)25(28)32/h8-12,14,17,29-31H,4-7,13,15H2,1-3H3,(H2,28,32). The van der Waals surface area contributed by atoms with E-state index in [-0.39, 0.29) is 11.2 Å². The molecule has 1 aliphatic heterocycles. The van der Waals surface area contributed by atoms with Crippen molar-refractivity contribution in [1.29, 1.82) is 0 Å². The summed E-state index contributed by atoms with van der Waals surface area (Å²) in [5.74, 6) is -0.354. The fourth-order valence-electron chi connectivity index (χ4n) is 4.59. The Labute approximate surface area is 189 Å². The summed E-state index contributed by atoms with van der Waals surface area (Å²) >= 11 is 0. The van der Waals surface area contributed by atoms with E-state index in [9.17, 15) is 9.18 Å². The van der Waals surface area contributed by atoms with E-state index in [0.29, 0.717) is 18.0 Å². The Morgan fingerprint density at radius 1 is 1.12 bits per heavy atom. The number of fused-ring (bicyclic) bond motifs is 1. The lowest BCUT2D eigenvalue weighted by atomic mass is 9.88. The molecule has 32 heavy (non-hydrogen) atoms. The molecular formula is C26H33FN4O. The van der Waals surface area contributed by atoms with Gasteiger partial charge in [0.05, 0.1) is 11.1 Å². The number of rotatable bonds is 6. The quantitative estimate of drug-likeness (QED) is 0.453. The van der Waals surface area contributed by atoms with Gasteiger partial charge in [-0.25, -0.2) is 4.39 Å². The van der Waals surface area contributed by atoms with Crippen molar-refractivity contribution < 1.29 is 9.18 Å². The van der Waals surface area contributed by atoms with Crippen molar-refractivity contribution in [2.45, 2.75) is 46.1 Å². The van der Waals surface area contributed by atoms with Crippen LogP contribution in [0, 0.1) is 11.2 Å². The van der Waals surface area contributed by atoms with Crippen LogP contribution in [0.15, 0.2) is 36.5 Å². The summed E-state index contributed by atoms with van der Waals surface area (Å²) in [6, 6.07) is 8.91. The number of carbonyl (C=O) groups is 1. The highest BCUT2D eigenvalue weighted by atomic mass is 19.1. The van der Waals surface area contributed by atoms with E-state index in [0.717, 1.165) is 60.1 Å². The number of piperidine rings is 1. The topological polar surface area (TPSA) is 82.9 Å².